The zero-order chi connectivity index (χ0) is 14.0. The molecule has 0 radical (unpaired) electrons. The Morgan fingerprint density at radius 2 is 2.21 bits per heavy atom. The summed E-state index contributed by atoms with van der Waals surface area (Å²) >= 11 is 3.31. The summed E-state index contributed by atoms with van der Waals surface area (Å²) in [7, 11) is 0.312. The van der Waals surface area contributed by atoms with E-state index in [1.165, 1.54) is 4.31 Å². The summed E-state index contributed by atoms with van der Waals surface area (Å²) in [6.07, 6.45) is 2.21. The Hall–Kier alpha value is -0.430. The molecule has 1 unspecified atom stereocenters. The van der Waals surface area contributed by atoms with Crippen molar-refractivity contribution in [1.29, 1.82) is 0 Å². The number of halogens is 1. The Balaban J connectivity index is 2.15. The Kier molecular flexibility index (Phi) is 4.66. The molecule has 2 rings (SSSR count). The van der Waals surface area contributed by atoms with Gasteiger partial charge < -0.3 is 4.90 Å². The minimum absolute atomic E-state index is 0.326. The van der Waals surface area contributed by atoms with Crippen LogP contribution in [-0.2, 0) is 10.0 Å². The smallest absolute Gasteiger partial charge is 0.242 e. The highest BCUT2D eigenvalue weighted by molar-refractivity contribution is 9.10. The van der Waals surface area contributed by atoms with Gasteiger partial charge in [0.25, 0.3) is 0 Å². The van der Waals surface area contributed by atoms with Gasteiger partial charge in [0.05, 0.1) is 4.90 Å². The van der Waals surface area contributed by atoms with Gasteiger partial charge in [0.15, 0.2) is 0 Å². The third-order valence-corrected chi connectivity index (χ3v) is 5.96. The number of hydrogen-bond acceptors (Lipinski definition) is 3. The molecule has 0 N–H and O–H groups in total. The van der Waals surface area contributed by atoms with Gasteiger partial charge in [-0.05, 0) is 44.6 Å². The van der Waals surface area contributed by atoms with Crippen LogP contribution in [0.5, 0.6) is 0 Å². The maximum atomic E-state index is 12.5. The fraction of sp³-hybridized carbons (Fsp3) is 0.538. The second kappa shape index (κ2) is 5.91. The van der Waals surface area contributed by atoms with Crippen LogP contribution in [-0.4, -0.2) is 50.8 Å². The van der Waals surface area contributed by atoms with Crippen LogP contribution in [0.25, 0.3) is 0 Å². The van der Waals surface area contributed by atoms with Crippen molar-refractivity contribution in [2.75, 3.05) is 27.2 Å². The summed E-state index contributed by atoms with van der Waals surface area (Å²) in [4.78, 5) is 2.57. The van der Waals surface area contributed by atoms with Gasteiger partial charge in [0, 0.05) is 24.1 Å². The predicted molar refractivity (Wildman–Crippen MR) is 79.6 cm³/mol. The minimum Gasteiger partial charge on any atom is -0.302 e. The molecule has 1 aliphatic heterocycles. The van der Waals surface area contributed by atoms with E-state index in [-0.39, 0.29) is 0 Å². The van der Waals surface area contributed by atoms with E-state index in [1.54, 1.807) is 25.2 Å². The lowest BCUT2D eigenvalue weighted by atomic mass is 10.2. The molecule has 0 aliphatic carbocycles. The van der Waals surface area contributed by atoms with Crippen LogP contribution < -0.4 is 0 Å². The van der Waals surface area contributed by atoms with Gasteiger partial charge in [-0.2, -0.15) is 4.31 Å². The first-order valence-corrected chi connectivity index (χ1v) is 8.57. The van der Waals surface area contributed by atoms with Crippen molar-refractivity contribution in [1.82, 2.24) is 9.21 Å². The van der Waals surface area contributed by atoms with Crippen LogP contribution in [0.15, 0.2) is 33.6 Å². The number of benzene rings is 1. The molecule has 106 valence electrons. The molecule has 1 aromatic rings. The highest BCUT2D eigenvalue weighted by Gasteiger charge is 2.28. The highest BCUT2D eigenvalue weighted by Crippen LogP contribution is 2.22. The zero-order valence-corrected chi connectivity index (χ0v) is 13.6. The van der Waals surface area contributed by atoms with Crippen molar-refractivity contribution in [3.63, 3.8) is 0 Å². The topological polar surface area (TPSA) is 40.6 Å². The van der Waals surface area contributed by atoms with E-state index >= 15 is 0 Å². The molecule has 1 fully saturated rings. The molecule has 0 amide bonds. The van der Waals surface area contributed by atoms with Gasteiger partial charge in [-0.25, -0.2) is 8.42 Å². The van der Waals surface area contributed by atoms with E-state index in [4.69, 9.17) is 0 Å². The van der Waals surface area contributed by atoms with Crippen LogP contribution in [0.2, 0.25) is 0 Å². The molecule has 19 heavy (non-hydrogen) atoms. The molecule has 1 atom stereocenters. The lowest BCUT2D eigenvalue weighted by Crippen LogP contribution is -2.39. The summed E-state index contributed by atoms with van der Waals surface area (Å²) in [6.45, 7) is 1.60. The van der Waals surface area contributed by atoms with Gasteiger partial charge in [-0.3, -0.25) is 0 Å². The maximum absolute atomic E-state index is 12.5. The second-order valence-corrected chi connectivity index (χ2v) is 7.98. The van der Waals surface area contributed by atoms with Crippen molar-refractivity contribution >= 4 is 26.0 Å². The molecule has 1 aromatic carbocycles. The van der Waals surface area contributed by atoms with E-state index in [1.807, 2.05) is 6.07 Å². The van der Waals surface area contributed by atoms with Crippen molar-refractivity contribution in [3.8, 4) is 0 Å². The molecule has 0 saturated carbocycles. The Bertz CT molecular complexity index is 547. The third-order valence-electron chi connectivity index (χ3n) is 3.64. The fourth-order valence-corrected chi connectivity index (χ4v) is 4.22. The molecule has 4 nitrogen and oxygen atoms in total. The molecule has 1 saturated heterocycles. The third kappa shape index (κ3) is 3.37. The van der Waals surface area contributed by atoms with Crippen molar-refractivity contribution < 1.29 is 8.42 Å². The maximum Gasteiger partial charge on any atom is 0.242 e. The largest absolute Gasteiger partial charge is 0.302 e. The summed E-state index contributed by atoms with van der Waals surface area (Å²) in [5.74, 6) is 0. The lowest BCUT2D eigenvalue weighted by molar-refractivity contribution is 0.271. The molecule has 0 aromatic heterocycles. The standard InChI is InChI=1S/C13H19BrN2O2S/c1-15-8-4-6-12(15)10-16(2)19(17,18)13-7-3-5-11(14)9-13/h3,5,7,9,12H,4,6,8,10H2,1-2H3. The van der Waals surface area contributed by atoms with Crippen molar-refractivity contribution in [3.05, 3.63) is 28.7 Å². The fourth-order valence-electron chi connectivity index (χ4n) is 2.41. The molecule has 1 heterocycles. The first kappa shape index (κ1) is 15.0. The van der Waals surface area contributed by atoms with E-state index in [0.29, 0.717) is 17.5 Å². The summed E-state index contributed by atoms with van der Waals surface area (Å²) in [5, 5.41) is 0. The molecular formula is C13H19BrN2O2S. The van der Waals surface area contributed by atoms with Gasteiger partial charge in [0.1, 0.15) is 0 Å². The van der Waals surface area contributed by atoms with Crippen molar-refractivity contribution in [2.45, 2.75) is 23.8 Å². The highest BCUT2D eigenvalue weighted by atomic mass is 79.9. The van der Waals surface area contributed by atoms with E-state index in [9.17, 15) is 8.42 Å². The normalized spacial score (nSPS) is 21.2. The zero-order valence-electron chi connectivity index (χ0n) is 11.2. The van der Waals surface area contributed by atoms with Gasteiger partial charge in [-0.15, -0.1) is 0 Å². The Morgan fingerprint density at radius 3 is 2.79 bits per heavy atom. The minimum atomic E-state index is -3.40. The van der Waals surface area contributed by atoms with Crippen LogP contribution >= 0.6 is 15.9 Å². The van der Waals surface area contributed by atoms with Crippen LogP contribution in [0, 0.1) is 0 Å². The van der Waals surface area contributed by atoms with Crippen LogP contribution in [0.3, 0.4) is 0 Å². The number of likely N-dealkylation sites (tertiary alicyclic amines) is 1. The number of likely N-dealkylation sites (N-methyl/N-ethyl adjacent to an activating group) is 2. The Morgan fingerprint density at radius 1 is 1.47 bits per heavy atom. The summed E-state index contributed by atoms with van der Waals surface area (Å²) in [5.41, 5.74) is 0. The summed E-state index contributed by atoms with van der Waals surface area (Å²) < 4.78 is 27.2. The average molecular weight is 347 g/mol. The Labute approximate surface area is 123 Å². The SMILES string of the molecule is CN1CCCC1CN(C)S(=O)(=O)c1cccc(Br)c1. The summed E-state index contributed by atoms with van der Waals surface area (Å²) in [6, 6.07) is 7.17. The van der Waals surface area contributed by atoms with E-state index < -0.39 is 10.0 Å². The quantitative estimate of drug-likeness (QED) is 0.838. The van der Waals surface area contributed by atoms with Gasteiger partial charge in [0.2, 0.25) is 10.0 Å². The number of rotatable bonds is 4. The lowest BCUT2D eigenvalue weighted by Gasteiger charge is -2.25. The first-order chi connectivity index (χ1) is 8.91. The molecule has 0 spiro atoms. The second-order valence-electron chi connectivity index (χ2n) is 5.02. The molecular weight excluding hydrogens is 328 g/mol. The number of sulfonamides is 1. The monoisotopic (exact) mass is 346 g/mol. The predicted octanol–water partition coefficient (Wildman–Crippen LogP) is 2.16. The van der Waals surface area contributed by atoms with Crippen LogP contribution in [0.4, 0.5) is 0 Å². The first-order valence-electron chi connectivity index (χ1n) is 6.33. The van der Waals surface area contributed by atoms with Gasteiger partial charge >= 0.3 is 0 Å². The van der Waals surface area contributed by atoms with Gasteiger partial charge in [-0.1, -0.05) is 22.0 Å². The average Bonchev–Trinajstić information content (AvgIpc) is 2.75. The molecule has 6 heteroatoms. The van der Waals surface area contributed by atoms with E-state index in [0.717, 1.165) is 23.9 Å². The van der Waals surface area contributed by atoms with Crippen molar-refractivity contribution in [2.24, 2.45) is 0 Å². The number of nitrogens with zero attached hydrogens (tertiary/aromatic N) is 2. The molecule has 1 aliphatic rings. The molecule has 0 bridgehead atoms. The number of hydrogen-bond donors (Lipinski definition) is 0. The van der Waals surface area contributed by atoms with E-state index in [2.05, 4.69) is 27.9 Å². The van der Waals surface area contributed by atoms with Crippen LogP contribution in [0.1, 0.15) is 12.8 Å².